The van der Waals surface area contributed by atoms with Crippen molar-refractivity contribution in [2.24, 2.45) is 0 Å². The molecule has 1 aromatic carbocycles. The van der Waals surface area contributed by atoms with Gasteiger partial charge in [-0.2, -0.15) is 26.3 Å². The minimum absolute atomic E-state index is 0.0786. The van der Waals surface area contributed by atoms with Gasteiger partial charge >= 0.3 is 12.4 Å². The normalized spacial score (nSPS) is 12.7. The summed E-state index contributed by atoms with van der Waals surface area (Å²) in [5.74, 6) is 0. The summed E-state index contributed by atoms with van der Waals surface area (Å²) in [6.45, 7) is 6.92. The van der Waals surface area contributed by atoms with Crippen molar-refractivity contribution in [1.82, 2.24) is 0 Å². The van der Waals surface area contributed by atoms with Gasteiger partial charge in [0.05, 0.1) is 19.0 Å². The molecule has 0 aliphatic carbocycles. The first-order chi connectivity index (χ1) is 9.23. The molecule has 2 radical (unpaired) electrons. The molecule has 21 heavy (non-hydrogen) atoms. The topological polar surface area (TPSA) is 0 Å². The maximum atomic E-state index is 12.5. The molecule has 0 aromatic heterocycles. The fraction of sp³-hybridized carbons (Fsp3) is 0.571. The predicted molar refractivity (Wildman–Crippen MR) is 71.2 cm³/mol. The Morgan fingerprint density at radius 2 is 1.00 bits per heavy atom. The Labute approximate surface area is 122 Å². The van der Waals surface area contributed by atoms with Gasteiger partial charge in [-0.3, -0.25) is 0 Å². The number of alkyl halides is 6. The molecule has 1 rings (SSSR count). The van der Waals surface area contributed by atoms with E-state index in [9.17, 15) is 26.3 Å². The van der Waals surface area contributed by atoms with Gasteiger partial charge in [0.2, 0.25) is 0 Å². The lowest BCUT2D eigenvalue weighted by atomic mass is 9.67. The molecule has 0 N–H and O–H groups in total. The number of benzene rings is 1. The van der Waals surface area contributed by atoms with Crippen LogP contribution < -0.4 is 0 Å². The van der Waals surface area contributed by atoms with Crippen molar-refractivity contribution >= 4 is 7.85 Å². The Hall–Kier alpha value is -1.14. The van der Waals surface area contributed by atoms with Crippen molar-refractivity contribution in [3.05, 3.63) is 34.9 Å². The minimum Gasteiger partial charge on any atom is -0.166 e. The Morgan fingerprint density at radius 1 is 0.762 bits per heavy atom. The SMILES string of the molecule is CCC.[B]C(C)(C)c1cc(C(F)(F)F)cc(C(F)(F)F)c1. The van der Waals surface area contributed by atoms with Gasteiger partial charge in [-0.1, -0.05) is 34.1 Å². The van der Waals surface area contributed by atoms with Crippen LogP contribution in [0.1, 0.15) is 50.8 Å². The molecule has 1 aromatic rings. The molecule has 0 amide bonds. The van der Waals surface area contributed by atoms with E-state index in [1.54, 1.807) is 0 Å². The van der Waals surface area contributed by atoms with Crippen LogP contribution >= 0.6 is 0 Å². The third-order valence-corrected chi connectivity index (χ3v) is 2.33. The van der Waals surface area contributed by atoms with Gasteiger partial charge in [0.15, 0.2) is 0 Å². The van der Waals surface area contributed by atoms with Gasteiger partial charge in [0, 0.05) is 0 Å². The Kier molecular flexibility index (Phi) is 6.39. The average molecular weight is 310 g/mol. The van der Waals surface area contributed by atoms with E-state index < -0.39 is 28.8 Å². The second-order valence-corrected chi connectivity index (χ2v) is 5.22. The van der Waals surface area contributed by atoms with Crippen LogP contribution in [0.2, 0.25) is 0 Å². The van der Waals surface area contributed by atoms with Crippen LogP contribution in [0.25, 0.3) is 0 Å². The summed E-state index contributed by atoms with van der Waals surface area (Å²) in [5.41, 5.74) is -2.93. The summed E-state index contributed by atoms with van der Waals surface area (Å²) in [5, 5.41) is -1.29. The minimum atomic E-state index is -4.85. The largest absolute Gasteiger partial charge is 0.416 e. The standard InChI is InChI=1S/C11H9BF6.C3H8/c1-9(2,12)6-3-7(10(13,14)15)5-8(4-6)11(16,17)18;1-3-2/h3-5H,1-2H3;3H2,1-2H3. The van der Waals surface area contributed by atoms with Crippen LogP contribution in [0.15, 0.2) is 18.2 Å². The van der Waals surface area contributed by atoms with E-state index in [0.717, 1.165) is 0 Å². The summed E-state index contributed by atoms with van der Waals surface area (Å²) in [4.78, 5) is 0. The zero-order chi connectivity index (χ0) is 17.1. The Bertz CT molecular complexity index is 375. The van der Waals surface area contributed by atoms with Gasteiger partial charge in [-0.05, 0) is 29.1 Å². The van der Waals surface area contributed by atoms with Crippen molar-refractivity contribution in [2.75, 3.05) is 0 Å². The molecule has 0 nitrogen and oxygen atoms in total. The van der Waals surface area contributed by atoms with Crippen LogP contribution in [0, 0.1) is 0 Å². The van der Waals surface area contributed by atoms with E-state index in [1.807, 2.05) is 0 Å². The summed E-state index contributed by atoms with van der Waals surface area (Å²) in [6, 6.07) is 1.35. The monoisotopic (exact) mass is 310 g/mol. The number of halogens is 6. The maximum Gasteiger partial charge on any atom is 0.416 e. The third-order valence-electron chi connectivity index (χ3n) is 2.33. The number of hydrogen-bond donors (Lipinski definition) is 0. The van der Waals surface area contributed by atoms with E-state index in [4.69, 9.17) is 7.85 Å². The molecule has 0 fully saturated rings. The first kappa shape index (κ1) is 19.9. The van der Waals surface area contributed by atoms with Crippen LogP contribution in [0.4, 0.5) is 26.3 Å². The van der Waals surface area contributed by atoms with E-state index >= 15 is 0 Å². The molecule has 118 valence electrons. The summed E-state index contributed by atoms with van der Waals surface area (Å²) in [7, 11) is 5.55. The average Bonchev–Trinajstić information content (AvgIpc) is 2.26. The predicted octanol–water partition coefficient (Wildman–Crippen LogP) is 5.54. The smallest absolute Gasteiger partial charge is 0.166 e. The third kappa shape index (κ3) is 6.44. The van der Waals surface area contributed by atoms with Gasteiger partial charge in [0.1, 0.15) is 0 Å². The Balaban J connectivity index is 0.00000122. The molecule has 0 heterocycles. The second-order valence-electron chi connectivity index (χ2n) is 5.22. The molecule has 7 heteroatoms. The molecule has 0 aliphatic rings. The van der Waals surface area contributed by atoms with Crippen molar-refractivity contribution in [3.8, 4) is 0 Å². The summed E-state index contributed by atoms with van der Waals surface area (Å²) in [6.07, 6.45) is -8.44. The lowest BCUT2D eigenvalue weighted by Gasteiger charge is -2.23. The van der Waals surface area contributed by atoms with Crippen LogP contribution in [0.5, 0.6) is 0 Å². The van der Waals surface area contributed by atoms with Gasteiger partial charge in [-0.25, -0.2) is 0 Å². The summed E-state index contributed by atoms with van der Waals surface area (Å²) >= 11 is 0. The zero-order valence-corrected chi connectivity index (χ0v) is 12.3. The highest BCUT2D eigenvalue weighted by Gasteiger charge is 2.37. The van der Waals surface area contributed by atoms with Crippen LogP contribution in [-0.4, -0.2) is 7.85 Å². The highest BCUT2D eigenvalue weighted by molar-refractivity contribution is 6.15. The molecule has 0 saturated carbocycles. The van der Waals surface area contributed by atoms with Crippen molar-refractivity contribution in [1.29, 1.82) is 0 Å². The molecule has 0 unspecified atom stereocenters. The van der Waals surface area contributed by atoms with E-state index in [-0.39, 0.29) is 11.6 Å². The van der Waals surface area contributed by atoms with Crippen molar-refractivity contribution < 1.29 is 26.3 Å². The fourth-order valence-electron chi connectivity index (χ4n) is 1.33. The van der Waals surface area contributed by atoms with Gasteiger partial charge < -0.3 is 0 Å². The quantitative estimate of drug-likeness (QED) is 0.471. The number of hydrogen-bond acceptors (Lipinski definition) is 0. The molecular formula is C14H17BF6. The van der Waals surface area contributed by atoms with E-state index in [1.165, 1.54) is 20.3 Å². The Morgan fingerprint density at radius 3 is 1.19 bits per heavy atom. The van der Waals surface area contributed by atoms with Gasteiger partial charge in [-0.15, -0.1) is 0 Å². The molecule has 0 saturated heterocycles. The fourth-order valence-corrected chi connectivity index (χ4v) is 1.33. The van der Waals surface area contributed by atoms with Crippen molar-refractivity contribution in [2.45, 2.75) is 51.8 Å². The molecule has 0 atom stereocenters. The van der Waals surface area contributed by atoms with Crippen molar-refractivity contribution in [3.63, 3.8) is 0 Å². The molecular weight excluding hydrogens is 293 g/mol. The zero-order valence-electron chi connectivity index (χ0n) is 12.3. The molecule has 0 bridgehead atoms. The highest BCUT2D eigenvalue weighted by Crippen LogP contribution is 2.38. The van der Waals surface area contributed by atoms with Crippen LogP contribution in [0.3, 0.4) is 0 Å². The van der Waals surface area contributed by atoms with E-state index in [2.05, 4.69) is 13.8 Å². The lowest BCUT2D eigenvalue weighted by Crippen LogP contribution is -2.20. The summed E-state index contributed by atoms with van der Waals surface area (Å²) < 4.78 is 75.1. The first-order valence-corrected chi connectivity index (χ1v) is 6.32. The molecule has 0 aliphatic heterocycles. The highest BCUT2D eigenvalue weighted by atomic mass is 19.4. The van der Waals surface area contributed by atoms with Crippen LogP contribution in [-0.2, 0) is 17.7 Å². The van der Waals surface area contributed by atoms with E-state index in [0.29, 0.717) is 12.1 Å². The van der Waals surface area contributed by atoms with Gasteiger partial charge in [0.25, 0.3) is 0 Å². The maximum absolute atomic E-state index is 12.5. The molecule has 0 spiro atoms. The first-order valence-electron chi connectivity index (χ1n) is 6.32. The lowest BCUT2D eigenvalue weighted by molar-refractivity contribution is -0.143. The second kappa shape index (κ2) is 6.75. The number of rotatable bonds is 1.